The van der Waals surface area contributed by atoms with Crippen LogP contribution in [0.5, 0.6) is 0 Å². The van der Waals surface area contributed by atoms with Gasteiger partial charge in [0.1, 0.15) is 0 Å². The molecule has 0 unspecified atom stereocenters. The molecule has 2 saturated carbocycles. The molecule has 2 bridgehead atoms. The Balaban J connectivity index is 2.33. The molecular formula is C10H18O2. The first-order valence-corrected chi connectivity index (χ1v) is 4.73. The normalized spacial score (nSPS) is 56.2. The highest BCUT2D eigenvalue weighted by atomic mass is 16.3. The fourth-order valence-electron chi connectivity index (χ4n) is 3.46. The van der Waals surface area contributed by atoms with E-state index in [1.165, 1.54) is 0 Å². The van der Waals surface area contributed by atoms with E-state index in [4.69, 9.17) is 0 Å². The topological polar surface area (TPSA) is 40.5 Å². The highest BCUT2D eigenvalue weighted by Gasteiger charge is 2.61. The van der Waals surface area contributed by atoms with Gasteiger partial charge in [-0.05, 0) is 29.6 Å². The molecule has 2 heteroatoms. The third-order valence-electron chi connectivity index (χ3n) is 4.00. The summed E-state index contributed by atoms with van der Waals surface area (Å²) >= 11 is 0. The molecule has 0 radical (unpaired) electrons. The predicted molar refractivity (Wildman–Crippen MR) is 46.6 cm³/mol. The lowest BCUT2D eigenvalue weighted by Gasteiger charge is -2.39. The molecular weight excluding hydrogens is 152 g/mol. The van der Waals surface area contributed by atoms with E-state index in [1.54, 1.807) is 0 Å². The van der Waals surface area contributed by atoms with Crippen molar-refractivity contribution in [3.05, 3.63) is 0 Å². The zero-order valence-corrected chi connectivity index (χ0v) is 8.04. The summed E-state index contributed by atoms with van der Waals surface area (Å²) in [4.78, 5) is 0. The van der Waals surface area contributed by atoms with Crippen molar-refractivity contribution in [3.63, 3.8) is 0 Å². The Bertz CT molecular complexity index is 212. The minimum atomic E-state index is -0.490. The van der Waals surface area contributed by atoms with Crippen molar-refractivity contribution in [2.75, 3.05) is 0 Å². The van der Waals surface area contributed by atoms with Crippen LogP contribution in [0.3, 0.4) is 0 Å². The number of hydrogen-bond donors (Lipinski definition) is 2. The number of rotatable bonds is 0. The molecule has 2 aliphatic rings. The summed E-state index contributed by atoms with van der Waals surface area (Å²) in [5.41, 5.74) is 0.195. The largest absolute Gasteiger partial charge is 0.390 e. The molecule has 0 heterocycles. The van der Waals surface area contributed by atoms with Crippen LogP contribution in [0.15, 0.2) is 0 Å². The van der Waals surface area contributed by atoms with Gasteiger partial charge in [-0.3, -0.25) is 0 Å². The van der Waals surface area contributed by atoms with E-state index in [2.05, 4.69) is 20.8 Å². The molecule has 0 aromatic carbocycles. The molecule has 0 aromatic heterocycles. The van der Waals surface area contributed by atoms with Crippen LogP contribution in [0.25, 0.3) is 0 Å². The minimum absolute atomic E-state index is 0.0203. The van der Waals surface area contributed by atoms with Crippen molar-refractivity contribution in [2.45, 2.75) is 45.8 Å². The lowest BCUT2D eigenvalue weighted by atomic mass is 9.70. The summed E-state index contributed by atoms with van der Waals surface area (Å²) in [6.45, 7) is 6.48. The Morgan fingerprint density at radius 1 is 1.17 bits per heavy atom. The van der Waals surface area contributed by atoms with Gasteiger partial charge in [-0.2, -0.15) is 0 Å². The number of fused-ring (bicyclic) bond motifs is 2. The standard InChI is InChI=1S/C10H18O2/c1-9(2)5-10(3)4-6(9)7(11)8(10)12/h6-8,11-12H,4-5H2,1-3H3/t6-,7-,8-,10-/m0/s1. The van der Waals surface area contributed by atoms with Gasteiger partial charge < -0.3 is 10.2 Å². The molecule has 0 spiro atoms. The van der Waals surface area contributed by atoms with Gasteiger partial charge in [0, 0.05) is 0 Å². The monoisotopic (exact) mass is 170 g/mol. The van der Waals surface area contributed by atoms with Crippen LogP contribution in [-0.4, -0.2) is 22.4 Å². The van der Waals surface area contributed by atoms with Crippen molar-refractivity contribution < 1.29 is 10.2 Å². The van der Waals surface area contributed by atoms with E-state index < -0.39 is 12.2 Å². The lowest BCUT2D eigenvalue weighted by molar-refractivity contribution is -0.0807. The van der Waals surface area contributed by atoms with Crippen LogP contribution in [0.1, 0.15) is 33.6 Å². The molecule has 0 saturated heterocycles. The molecule has 0 aromatic rings. The van der Waals surface area contributed by atoms with E-state index in [9.17, 15) is 10.2 Å². The summed E-state index contributed by atoms with van der Waals surface area (Å²) in [6, 6.07) is 0. The van der Waals surface area contributed by atoms with Gasteiger partial charge in [-0.1, -0.05) is 20.8 Å². The van der Waals surface area contributed by atoms with Gasteiger partial charge in [0.2, 0.25) is 0 Å². The van der Waals surface area contributed by atoms with Crippen LogP contribution in [0, 0.1) is 16.7 Å². The highest BCUT2D eigenvalue weighted by molar-refractivity contribution is 5.11. The molecule has 0 aliphatic heterocycles. The maximum atomic E-state index is 9.74. The summed E-state index contributed by atoms with van der Waals surface area (Å²) in [6.07, 6.45) is 1.06. The summed E-state index contributed by atoms with van der Waals surface area (Å²) in [5.74, 6) is 0.303. The summed E-state index contributed by atoms with van der Waals surface area (Å²) in [7, 11) is 0. The molecule has 2 rings (SSSR count). The molecule has 2 fully saturated rings. The van der Waals surface area contributed by atoms with Gasteiger partial charge in [-0.15, -0.1) is 0 Å². The van der Waals surface area contributed by atoms with Crippen LogP contribution >= 0.6 is 0 Å². The van der Waals surface area contributed by atoms with Crippen LogP contribution in [0.2, 0.25) is 0 Å². The molecule has 0 amide bonds. The van der Waals surface area contributed by atoms with Crippen molar-refractivity contribution in [2.24, 2.45) is 16.7 Å². The first-order valence-electron chi connectivity index (χ1n) is 4.73. The molecule has 2 aliphatic carbocycles. The van der Waals surface area contributed by atoms with Crippen LogP contribution in [-0.2, 0) is 0 Å². The van der Waals surface area contributed by atoms with E-state index in [-0.39, 0.29) is 10.8 Å². The quantitative estimate of drug-likeness (QED) is 0.573. The van der Waals surface area contributed by atoms with Gasteiger partial charge in [0.05, 0.1) is 12.2 Å². The second-order valence-corrected chi connectivity index (χ2v) is 5.57. The molecule has 2 nitrogen and oxygen atoms in total. The van der Waals surface area contributed by atoms with Gasteiger partial charge in [0.15, 0.2) is 0 Å². The second kappa shape index (κ2) is 2.05. The zero-order chi connectivity index (χ0) is 9.15. The van der Waals surface area contributed by atoms with Gasteiger partial charge >= 0.3 is 0 Å². The van der Waals surface area contributed by atoms with E-state index in [0.29, 0.717) is 5.92 Å². The third-order valence-corrected chi connectivity index (χ3v) is 4.00. The van der Waals surface area contributed by atoms with Crippen molar-refractivity contribution in [1.82, 2.24) is 0 Å². The average molecular weight is 170 g/mol. The Labute approximate surface area is 73.6 Å². The number of aliphatic hydroxyl groups excluding tert-OH is 2. The van der Waals surface area contributed by atoms with Crippen LogP contribution in [0.4, 0.5) is 0 Å². The third kappa shape index (κ3) is 0.826. The first-order chi connectivity index (χ1) is 5.37. The number of hydrogen-bond acceptors (Lipinski definition) is 2. The number of aliphatic hydroxyl groups is 2. The Kier molecular flexibility index (Phi) is 1.45. The summed E-state index contributed by atoms with van der Waals surface area (Å²) in [5, 5.41) is 19.5. The predicted octanol–water partition coefficient (Wildman–Crippen LogP) is 1.16. The Morgan fingerprint density at radius 3 is 2.08 bits per heavy atom. The molecule has 4 atom stereocenters. The van der Waals surface area contributed by atoms with Crippen molar-refractivity contribution >= 4 is 0 Å². The Hall–Kier alpha value is -0.0800. The fourth-order valence-corrected chi connectivity index (χ4v) is 3.46. The molecule has 70 valence electrons. The maximum Gasteiger partial charge on any atom is 0.0855 e. The zero-order valence-electron chi connectivity index (χ0n) is 8.04. The second-order valence-electron chi connectivity index (χ2n) is 5.57. The molecule has 12 heavy (non-hydrogen) atoms. The van der Waals surface area contributed by atoms with Crippen molar-refractivity contribution in [1.29, 1.82) is 0 Å². The van der Waals surface area contributed by atoms with Gasteiger partial charge in [-0.25, -0.2) is 0 Å². The Morgan fingerprint density at radius 2 is 1.75 bits per heavy atom. The van der Waals surface area contributed by atoms with Crippen molar-refractivity contribution in [3.8, 4) is 0 Å². The maximum absolute atomic E-state index is 9.74. The fraction of sp³-hybridized carbons (Fsp3) is 1.00. The van der Waals surface area contributed by atoms with Gasteiger partial charge in [0.25, 0.3) is 0 Å². The van der Waals surface area contributed by atoms with E-state index in [1.807, 2.05) is 0 Å². The lowest BCUT2D eigenvalue weighted by Crippen LogP contribution is -2.44. The highest BCUT2D eigenvalue weighted by Crippen LogP contribution is 2.62. The first kappa shape index (κ1) is 8.52. The van der Waals surface area contributed by atoms with E-state index in [0.717, 1.165) is 12.8 Å². The minimum Gasteiger partial charge on any atom is -0.390 e. The smallest absolute Gasteiger partial charge is 0.0855 e. The average Bonchev–Trinajstić information content (AvgIpc) is 2.27. The molecule has 2 N–H and O–H groups in total. The SMILES string of the molecule is CC1(C)C[C@]2(C)C[C@H]1[C@H](O)[C@@H]2O. The summed E-state index contributed by atoms with van der Waals surface area (Å²) < 4.78 is 0. The van der Waals surface area contributed by atoms with Crippen LogP contribution < -0.4 is 0 Å². The van der Waals surface area contributed by atoms with E-state index >= 15 is 0 Å².